The number of piperidine rings is 1. The molecule has 33 heavy (non-hydrogen) atoms. The van der Waals surface area contributed by atoms with Crippen molar-refractivity contribution >= 4 is 12.1 Å². The van der Waals surface area contributed by atoms with E-state index in [9.17, 15) is 4.79 Å². The number of methoxy groups -OCH3 is 1. The Morgan fingerprint density at radius 2 is 1.61 bits per heavy atom. The molecule has 1 unspecified atom stereocenters. The van der Waals surface area contributed by atoms with Crippen LogP contribution >= 0.6 is 0 Å². The van der Waals surface area contributed by atoms with Crippen molar-refractivity contribution in [3.05, 3.63) is 48.2 Å². The van der Waals surface area contributed by atoms with Crippen molar-refractivity contribution in [2.75, 3.05) is 57.9 Å². The van der Waals surface area contributed by atoms with Gasteiger partial charge in [0.25, 0.3) is 0 Å². The summed E-state index contributed by atoms with van der Waals surface area (Å²) in [6.45, 7) is 11.4. The van der Waals surface area contributed by atoms with Gasteiger partial charge in [0, 0.05) is 57.7 Å². The first-order valence-electron chi connectivity index (χ1n) is 12.3. The van der Waals surface area contributed by atoms with Crippen LogP contribution in [0, 0.1) is 5.92 Å². The lowest BCUT2D eigenvalue weighted by molar-refractivity contribution is -0.113. The first-order valence-corrected chi connectivity index (χ1v) is 12.3. The van der Waals surface area contributed by atoms with Gasteiger partial charge in [0.15, 0.2) is 0 Å². The van der Waals surface area contributed by atoms with E-state index >= 15 is 0 Å². The molecule has 3 heterocycles. The quantitative estimate of drug-likeness (QED) is 0.569. The number of anilines is 1. The smallest absolute Gasteiger partial charge is 0.141 e. The molecule has 0 bridgehead atoms. The molecule has 2 aromatic rings. The lowest BCUT2D eigenvalue weighted by atomic mass is 9.94. The molecule has 0 N–H and O–H groups in total. The Bertz CT molecular complexity index is 868. The Kier molecular flexibility index (Phi) is 8.12. The van der Waals surface area contributed by atoms with Crippen LogP contribution in [0.1, 0.15) is 38.3 Å². The van der Waals surface area contributed by atoms with Crippen molar-refractivity contribution in [2.24, 2.45) is 5.92 Å². The third-order valence-electron chi connectivity index (χ3n) is 7.28. The van der Waals surface area contributed by atoms with Crippen LogP contribution in [-0.4, -0.2) is 80.1 Å². The summed E-state index contributed by atoms with van der Waals surface area (Å²) in [5.74, 6) is 1.66. The number of rotatable bonds is 8. The lowest BCUT2D eigenvalue weighted by Crippen LogP contribution is -2.49. The highest BCUT2D eigenvalue weighted by molar-refractivity contribution is 5.67. The Morgan fingerprint density at radius 1 is 0.939 bits per heavy atom. The number of aldehydes is 1. The molecule has 2 aliphatic heterocycles. The minimum Gasteiger partial charge on any atom is -0.384 e. The van der Waals surface area contributed by atoms with Gasteiger partial charge in [-0.1, -0.05) is 24.3 Å². The standard InChI is InChI=1S/C27H38N4O2/c1-21(2)29-14-16-31(17-15-29)27-9-8-25(18-28-27)23-4-6-24(7-5-23)26(19-32)30-12-10-22(11-13-30)20-33-3/h4-9,18-19,21-22,26H,10-17,20H2,1-3H3. The van der Waals surface area contributed by atoms with Gasteiger partial charge in [-0.15, -0.1) is 0 Å². The molecule has 0 spiro atoms. The summed E-state index contributed by atoms with van der Waals surface area (Å²) in [6, 6.07) is 13.1. The first kappa shape index (κ1) is 23.9. The zero-order valence-corrected chi connectivity index (χ0v) is 20.3. The van der Waals surface area contributed by atoms with Crippen LogP contribution in [0.25, 0.3) is 11.1 Å². The average Bonchev–Trinajstić information content (AvgIpc) is 2.86. The maximum atomic E-state index is 11.9. The normalized spacial score (nSPS) is 19.7. The molecule has 178 valence electrons. The Morgan fingerprint density at radius 3 is 2.15 bits per heavy atom. The molecule has 6 heteroatoms. The number of benzene rings is 1. The second-order valence-electron chi connectivity index (χ2n) is 9.66. The molecule has 2 saturated heterocycles. The fourth-order valence-corrected chi connectivity index (χ4v) is 5.09. The second-order valence-corrected chi connectivity index (χ2v) is 9.66. The van der Waals surface area contributed by atoms with Gasteiger partial charge >= 0.3 is 0 Å². The van der Waals surface area contributed by atoms with Crippen LogP contribution in [0.3, 0.4) is 0 Å². The molecule has 0 amide bonds. The molecule has 6 nitrogen and oxygen atoms in total. The monoisotopic (exact) mass is 450 g/mol. The predicted molar refractivity (Wildman–Crippen MR) is 134 cm³/mol. The lowest BCUT2D eigenvalue weighted by Gasteiger charge is -2.37. The van der Waals surface area contributed by atoms with Crippen molar-refractivity contribution in [1.82, 2.24) is 14.8 Å². The van der Waals surface area contributed by atoms with E-state index in [1.807, 2.05) is 6.20 Å². The summed E-state index contributed by atoms with van der Waals surface area (Å²) < 4.78 is 5.30. The molecular formula is C27H38N4O2. The zero-order chi connectivity index (χ0) is 23.2. The number of hydrogen-bond acceptors (Lipinski definition) is 6. The fraction of sp³-hybridized carbons (Fsp3) is 0.556. The van der Waals surface area contributed by atoms with Crippen molar-refractivity contribution < 1.29 is 9.53 Å². The van der Waals surface area contributed by atoms with Crippen LogP contribution in [0.5, 0.6) is 0 Å². The van der Waals surface area contributed by atoms with Crippen LogP contribution in [-0.2, 0) is 9.53 Å². The summed E-state index contributed by atoms with van der Waals surface area (Å²) in [7, 11) is 1.76. The first-order chi connectivity index (χ1) is 16.1. The van der Waals surface area contributed by atoms with E-state index in [0.717, 1.165) is 87.5 Å². The molecule has 0 aliphatic carbocycles. The van der Waals surface area contributed by atoms with E-state index in [1.165, 1.54) is 0 Å². The van der Waals surface area contributed by atoms with Crippen LogP contribution < -0.4 is 4.90 Å². The zero-order valence-electron chi connectivity index (χ0n) is 20.3. The number of aromatic nitrogens is 1. The van der Waals surface area contributed by atoms with Crippen molar-refractivity contribution in [3.63, 3.8) is 0 Å². The largest absolute Gasteiger partial charge is 0.384 e. The van der Waals surface area contributed by atoms with E-state index in [4.69, 9.17) is 9.72 Å². The van der Waals surface area contributed by atoms with Crippen LogP contribution in [0.15, 0.2) is 42.6 Å². The van der Waals surface area contributed by atoms with E-state index in [0.29, 0.717) is 12.0 Å². The fourth-order valence-electron chi connectivity index (χ4n) is 5.09. The highest BCUT2D eigenvalue weighted by Crippen LogP contribution is 2.28. The molecule has 1 aromatic heterocycles. The maximum Gasteiger partial charge on any atom is 0.141 e. The van der Waals surface area contributed by atoms with Gasteiger partial charge in [-0.2, -0.15) is 0 Å². The van der Waals surface area contributed by atoms with Gasteiger partial charge in [0.2, 0.25) is 0 Å². The number of carbonyl (C=O) groups is 1. The van der Waals surface area contributed by atoms with E-state index in [-0.39, 0.29) is 6.04 Å². The van der Waals surface area contributed by atoms with E-state index in [1.54, 1.807) is 7.11 Å². The number of ether oxygens (including phenoxy) is 1. The molecular weight excluding hydrogens is 412 g/mol. The number of pyridine rings is 1. The van der Waals surface area contributed by atoms with Crippen LogP contribution in [0.4, 0.5) is 5.82 Å². The third-order valence-corrected chi connectivity index (χ3v) is 7.28. The number of nitrogens with zero attached hydrogens (tertiary/aromatic N) is 4. The van der Waals surface area contributed by atoms with Gasteiger partial charge < -0.3 is 14.4 Å². The second kappa shape index (κ2) is 11.2. The van der Waals surface area contributed by atoms with Crippen molar-refractivity contribution in [2.45, 2.75) is 38.8 Å². The number of hydrogen-bond donors (Lipinski definition) is 0. The third kappa shape index (κ3) is 5.81. The summed E-state index contributed by atoms with van der Waals surface area (Å²) in [4.78, 5) is 23.9. The molecule has 2 fully saturated rings. The van der Waals surface area contributed by atoms with E-state index < -0.39 is 0 Å². The topological polar surface area (TPSA) is 48.9 Å². The molecule has 1 aromatic carbocycles. The van der Waals surface area contributed by atoms with Gasteiger partial charge in [-0.3, -0.25) is 9.80 Å². The van der Waals surface area contributed by atoms with Crippen molar-refractivity contribution in [3.8, 4) is 11.1 Å². The number of piperazine rings is 1. The Hall–Kier alpha value is -2.28. The highest BCUT2D eigenvalue weighted by Gasteiger charge is 2.26. The minimum atomic E-state index is -0.174. The summed E-state index contributed by atoms with van der Waals surface area (Å²) in [6.07, 6.45) is 5.22. The predicted octanol–water partition coefficient (Wildman–Crippen LogP) is 3.88. The molecule has 2 aliphatic rings. The highest BCUT2D eigenvalue weighted by atomic mass is 16.5. The summed E-state index contributed by atoms with van der Waals surface area (Å²) in [5, 5.41) is 0. The molecule has 0 radical (unpaired) electrons. The maximum absolute atomic E-state index is 11.9. The van der Waals surface area contributed by atoms with E-state index in [2.05, 4.69) is 64.9 Å². The van der Waals surface area contributed by atoms with Gasteiger partial charge in [-0.05, 0) is 69.0 Å². The van der Waals surface area contributed by atoms with Crippen molar-refractivity contribution in [1.29, 1.82) is 0 Å². The van der Waals surface area contributed by atoms with Gasteiger partial charge in [0.05, 0.1) is 6.04 Å². The minimum absolute atomic E-state index is 0.174. The molecule has 1 atom stereocenters. The van der Waals surface area contributed by atoms with Gasteiger partial charge in [-0.25, -0.2) is 4.98 Å². The molecule has 0 saturated carbocycles. The number of likely N-dealkylation sites (tertiary alicyclic amines) is 1. The summed E-state index contributed by atoms with van der Waals surface area (Å²) in [5.41, 5.74) is 3.30. The van der Waals surface area contributed by atoms with Crippen LogP contribution in [0.2, 0.25) is 0 Å². The summed E-state index contributed by atoms with van der Waals surface area (Å²) >= 11 is 0. The SMILES string of the molecule is COCC1CCN(C(C=O)c2ccc(-c3ccc(N4CCN(C(C)C)CC4)nc3)cc2)CC1. The van der Waals surface area contributed by atoms with Gasteiger partial charge in [0.1, 0.15) is 12.1 Å². The number of carbonyl (C=O) groups excluding carboxylic acids is 1. The Balaban J connectivity index is 1.37. The Labute approximate surface area is 198 Å². The average molecular weight is 451 g/mol. The molecule has 4 rings (SSSR count).